The Balaban J connectivity index is 2.25. The first-order valence-electron chi connectivity index (χ1n) is 4.64. The van der Waals surface area contributed by atoms with Crippen molar-refractivity contribution in [3.8, 4) is 0 Å². The van der Waals surface area contributed by atoms with Crippen LogP contribution in [0.2, 0.25) is 0 Å². The second-order valence-corrected chi connectivity index (χ2v) is 4.18. The highest BCUT2D eigenvalue weighted by Crippen LogP contribution is 2.20. The number of hydrogen-bond donors (Lipinski definition) is 0. The van der Waals surface area contributed by atoms with Crippen molar-refractivity contribution in [3.63, 3.8) is 0 Å². The monoisotopic (exact) mass is 263 g/mol. The standard InChI is InChI=1S/C13H9BrF/c14-13-9-12(15)7-6-11(13)8-10-4-2-1-3-5-10/h2-7,9H,8H2. The van der Waals surface area contributed by atoms with Gasteiger partial charge >= 0.3 is 0 Å². The van der Waals surface area contributed by atoms with Gasteiger partial charge in [0.1, 0.15) is 5.82 Å². The molecule has 1 radical (unpaired) electrons. The SMILES string of the molecule is Fc1ccc(Cc2cc[c]cc2)c(Br)c1. The minimum atomic E-state index is -0.216. The largest absolute Gasteiger partial charge is 0.207 e. The zero-order chi connectivity index (χ0) is 10.7. The Morgan fingerprint density at radius 3 is 2.53 bits per heavy atom. The van der Waals surface area contributed by atoms with Crippen LogP contribution in [0.15, 0.2) is 46.9 Å². The van der Waals surface area contributed by atoms with Crippen LogP contribution in [-0.4, -0.2) is 0 Å². The lowest BCUT2D eigenvalue weighted by molar-refractivity contribution is 0.626. The summed E-state index contributed by atoms with van der Waals surface area (Å²) in [5, 5.41) is 0. The van der Waals surface area contributed by atoms with Crippen molar-refractivity contribution in [2.24, 2.45) is 0 Å². The molecule has 0 aromatic heterocycles. The third-order valence-electron chi connectivity index (χ3n) is 2.20. The maximum absolute atomic E-state index is 12.9. The van der Waals surface area contributed by atoms with Crippen molar-refractivity contribution in [1.82, 2.24) is 0 Å². The fourth-order valence-electron chi connectivity index (χ4n) is 1.42. The predicted molar refractivity (Wildman–Crippen MR) is 62.2 cm³/mol. The first-order valence-corrected chi connectivity index (χ1v) is 5.44. The fourth-order valence-corrected chi connectivity index (χ4v) is 1.92. The highest BCUT2D eigenvalue weighted by molar-refractivity contribution is 9.10. The molecule has 0 unspecified atom stereocenters. The van der Waals surface area contributed by atoms with E-state index in [1.807, 2.05) is 24.3 Å². The Morgan fingerprint density at radius 2 is 1.87 bits per heavy atom. The third kappa shape index (κ3) is 2.66. The molecule has 0 N–H and O–H groups in total. The van der Waals surface area contributed by atoms with Gasteiger partial charge in [-0.3, -0.25) is 0 Å². The number of halogens is 2. The number of hydrogen-bond acceptors (Lipinski definition) is 0. The van der Waals surface area contributed by atoms with Crippen LogP contribution in [0, 0.1) is 11.9 Å². The van der Waals surface area contributed by atoms with Gasteiger partial charge in [-0.05, 0) is 35.7 Å². The molecule has 0 aliphatic heterocycles. The molecule has 2 heteroatoms. The summed E-state index contributed by atoms with van der Waals surface area (Å²) in [6.45, 7) is 0. The van der Waals surface area contributed by atoms with E-state index in [0.29, 0.717) is 0 Å². The topological polar surface area (TPSA) is 0 Å². The predicted octanol–water partition coefficient (Wildman–Crippen LogP) is 3.98. The van der Waals surface area contributed by atoms with E-state index in [4.69, 9.17) is 0 Å². The quantitative estimate of drug-likeness (QED) is 0.769. The van der Waals surface area contributed by atoms with Gasteiger partial charge < -0.3 is 0 Å². The molecule has 0 fully saturated rings. The van der Waals surface area contributed by atoms with E-state index < -0.39 is 0 Å². The first-order chi connectivity index (χ1) is 7.25. The molecular formula is C13H9BrF. The maximum Gasteiger partial charge on any atom is 0.124 e. The molecular weight excluding hydrogens is 255 g/mol. The van der Waals surface area contributed by atoms with Gasteiger partial charge in [0.15, 0.2) is 0 Å². The molecule has 0 atom stereocenters. The lowest BCUT2D eigenvalue weighted by Crippen LogP contribution is -1.89. The molecule has 0 heterocycles. The Bertz CT molecular complexity index is 451. The molecule has 0 aliphatic rings. The zero-order valence-electron chi connectivity index (χ0n) is 8.00. The van der Waals surface area contributed by atoms with Crippen LogP contribution < -0.4 is 0 Å². The summed E-state index contributed by atoms with van der Waals surface area (Å²) in [6, 6.07) is 15.5. The minimum Gasteiger partial charge on any atom is -0.207 e. The minimum absolute atomic E-state index is 0.216. The van der Waals surface area contributed by atoms with E-state index in [1.165, 1.54) is 17.7 Å². The van der Waals surface area contributed by atoms with Crippen molar-refractivity contribution in [1.29, 1.82) is 0 Å². The summed E-state index contributed by atoms with van der Waals surface area (Å²) >= 11 is 3.36. The van der Waals surface area contributed by atoms with Crippen LogP contribution in [0.1, 0.15) is 11.1 Å². The Kier molecular flexibility index (Phi) is 3.17. The summed E-state index contributed by atoms with van der Waals surface area (Å²) < 4.78 is 13.7. The zero-order valence-corrected chi connectivity index (χ0v) is 9.59. The van der Waals surface area contributed by atoms with Gasteiger partial charge in [0.2, 0.25) is 0 Å². The van der Waals surface area contributed by atoms with E-state index in [9.17, 15) is 4.39 Å². The average molecular weight is 264 g/mol. The van der Waals surface area contributed by atoms with E-state index in [0.717, 1.165) is 16.5 Å². The molecule has 0 aliphatic carbocycles. The van der Waals surface area contributed by atoms with Crippen LogP contribution in [0.3, 0.4) is 0 Å². The normalized spacial score (nSPS) is 10.3. The molecule has 0 saturated heterocycles. The molecule has 0 nitrogen and oxygen atoms in total. The molecule has 75 valence electrons. The summed E-state index contributed by atoms with van der Waals surface area (Å²) in [4.78, 5) is 0. The first kappa shape index (κ1) is 10.4. The summed E-state index contributed by atoms with van der Waals surface area (Å²) in [7, 11) is 0. The molecule has 15 heavy (non-hydrogen) atoms. The van der Waals surface area contributed by atoms with Gasteiger partial charge in [-0.25, -0.2) is 4.39 Å². The van der Waals surface area contributed by atoms with Crippen molar-refractivity contribution in [3.05, 3.63) is 69.9 Å². The van der Waals surface area contributed by atoms with Crippen molar-refractivity contribution in [2.75, 3.05) is 0 Å². The van der Waals surface area contributed by atoms with Gasteiger partial charge in [-0.15, -0.1) is 0 Å². The van der Waals surface area contributed by atoms with Crippen molar-refractivity contribution < 1.29 is 4.39 Å². The van der Waals surface area contributed by atoms with Crippen molar-refractivity contribution >= 4 is 15.9 Å². The van der Waals surface area contributed by atoms with E-state index in [2.05, 4.69) is 22.0 Å². The lowest BCUT2D eigenvalue weighted by Gasteiger charge is -2.04. The van der Waals surface area contributed by atoms with Crippen LogP contribution in [0.25, 0.3) is 0 Å². The molecule has 2 aromatic carbocycles. The fraction of sp³-hybridized carbons (Fsp3) is 0.0769. The van der Waals surface area contributed by atoms with Crippen LogP contribution in [0.4, 0.5) is 4.39 Å². The summed E-state index contributed by atoms with van der Waals surface area (Å²) in [6.07, 6.45) is 0.801. The summed E-state index contributed by atoms with van der Waals surface area (Å²) in [5.41, 5.74) is 2.28. The van der Waals surface area contributed by atoms with Gasteiger partial charge in [0, 0.05) is 4.47 Å². The average Bonchev–Trinajstić information content (AvgIpc) is 2.24. The number of rotatable bonds is 2. The van der Waals surface area contributed by atoms with Crippen molar-refractivity contribution in [2.45, 2.75) is 6.42 Å². The van der Waals surface area contributed by atoms with E-state index in [-0.39, 0.29) is 5.82 Å². The Morgan fingerprint density at radius 1 is 1.13 bits per heavy atom. The molecule has 0 amide bonds. The van der Waals surface area contributed by atoms with Gasteiger partial charge in [-0.1, -0.05) is 46.3 Å². The second-order valence-electron chi connectivity index (χ2n) is 3.32. The molecule has 0 bridgehead atoms. The second kappa shape index (κ2) is 4.58. The van der Waals surface area contributed by atoms with Gasteiger partial charge in [-0.2, -0.15) is 0 Å². The van der Waals surface area contributed by atoms with Crippen LogP contribution in [0.5, 0.6) is 0 Å². The highest BCUT2D eigenvalue weighted by Gasteiger charge is 2.02. The third-order valence-corrected chi connectivity index (χ3v) is 2.94. The van der Waals surface area contributed by atoms with Crippen LogP contribution in [-0.2, 0) is 6.42 Å². The molecule has 2 rings (SSSR count). The van der Waals surface area contributed by atoms with Gasteiger partial charge in [0.25, 0.3) is 0 Å². The Hall–Kier alpha value is -1.15. The smallest absolute Gasteiger partial charge is 0.124 e. The maximum atomic E-state index is 12.9. The van der Waals surface area contributed by atoms with E-state index >= 15 is 0 Å². The Labute approximate surface area is 96.9 Å². The highest BCUT2D eigenvalue weighted by atomic mass is 79.9. The molecule has 2 aromatic rings. The summed E-state index contributed by atoms with van der Waals surface area (Å²) in [5.74, 6) is -0.216. The molecule has 0 spiro atoms. The lowest BCUT2D eigenvalue weighted by atomic mass is 10.1. The number of benzene rings is 2. The molecule has 0 saturated carbocycles. The van der Waals surface area contributed by atoms with Gasteiger partial charge in [0.05, 0.1) is 0 Å². The van der Waals surface area contributed by atoms with E-state index in [1.54, 1.807) is 6.07 Å². The van der Waals surface area contributed by atoms with Crippen LogP contribution >= 0.6 is 15.9 Å².